The number of hydrogen-bond donors (Lipinski definition) is 3. The molecule has 0 bridgehead atoms. The van der Waals surface area contributed by atoms with Crippen LogP contribution in [0.3, 0.4) is 0 Å². The minimum Gasteiger partial charge on any atom is -0.494 e. The summed E-state index contributed by atoms with van der Waals surface area (Å²) in [7, 11) is 0. The van der Waals surface area contributed by atoms with Gasteiger partial charge in [0.1, 0.15) is 5.82 Å². The van der Waals surface area contributed by atoms with E-state index >= 15 is 0 Å². The zero-order valence-electron chi connectivity index (χ0n) is 18.0. The van der Waals surface area contributed by atoms with Gasteiger partial charge >= 0.3 is 0 Å². The third-order valence-electron chi connectivity index (χ3n) is 5.43. The molecule has 1 amide bonds. The van der Waals surface area contributed by atoms with Crippen molar-refractivity contribution in [3.05, 3.63) is 106 Å². The minimum atomic E-state index is -0.232. The average molecular weight is 489 g/mol. The smallest absolute Gasteiger partial charge is 0.265 e. The van der Waals surface area contributed by atoms with E-state index in [0.717, 1.165) is 22.3 Å². The number of anilines is 2. The third-order valence-corrected chi connectivity index (χ3v) is 6.66. The summed E-state index contributed by atoms with van der Waals surface area (Å²) in [5.41, 5.74) is 2.80. The van der Waals surface area contributed by atoms with Crippen molar-refractivity contribution in [1.82, 2.24) is 9.55 Å². The maximum Gasteiger partial charge on any atom is 0.265 e. The standard InChI is InChI=1S/C26H21ClN4O2S/c27-23-11-10-22(34-23)25(32)30-21-8-4-7-19-20(21)16-31(26(19)33)15-18-6-3-5-17(13-18)14-29-24-9-1-2-12-28-24/h1-13,16,33H,14-15H2,(H,28,29)(H,30,32). The van der Waals surface area contributed by atoms with Gasteiger partial charge in [-0.05, 0) is 47.5 Å². The Morgan fingerprint density at radius 2 is 1.85 bits per heavy atom. The molecule has 34 heavy (non-hydrogen) atoms. The molecule has 8 heteroatoms. The Bertz CT molecular complexity index is 1460. The highest BCUT2D eigenvalue weighted by molar-refractivity contribution is 7.18. The van der Waals surface area contributed by atoms with E-state index in [1.54, 1.807) is 22.9 Å². The number of thiophene rings is 1. The number of benzene rings is 2. The van der Waals surface area contributed by atoms with Gasteiger partial charge < -0.3 is 20.3 Å². The van der Waals surface area contributed by atoms with Crippen molar-refractivity contribution in [3.63, 3.8) is 0 Å². The molecular weight excluding hydrogens is 468 g/mol. The molecule has 0 aliphatic heterocycles. The second-order valence-corrected chi connectivity index (χ2v) is 9.51. The summed E-state index contributed by atoms with van der Waals surface area (Å²) in [6, 6.07) is 22.8. The van der Waals surface area contributed by atoms with Crippen LogP contribution in [0.25, 0.3) is 10.8 Å². The molecule has 0 unspecified atom stereocenters. The molecule has 5 rings (SSSR count). The number of aromatic nitrogens is 2. The summed E-state index contributed by atoms with van der Waals surface area (Å²) in [6.07, 6.45) is 3.62. The molecule has 3 N–H and O–H groups in total. The Morgan fingerprint density at radius 1 is 1.00 bits per heavy atom. The Hall–Kier alpha value is -3.81. The molecule has 0 radical (unpaired) electrons. The van der Waals surface area contributed by atoms with Crippen LogP contribution in [-0.2, 0) is 13.1 Å². The van der Waals surface area contributed by atoms with Crippen molar-refractivity contribution in [1.29, 1.82) is 0 Å². The molecule has 0 atom stereocenters. The highest BCUT2D eigenvalue weighted by Gasteiger charge is 2.15. The zero-order valence-corrected chi connectivity index (χ0v) is 19.6. The van der Waals surface area contributed by atoms with E-state index in [1.165, 1.54) is 11.3 Å². The normalized spacial score (nSPS) is 11.0. The van der Waals surface area contributed by atoms with Gasteiger partial charge in [0.15, 0.2) is 5.88 Å². The SMILES string of the molecule is O=C(Nc1cccc2c(O)n(Cc3cccc(CNc4ccccn4)c3)cc12)c1ccc(Cl)s1. The van der Waals surface area contributed by atoms with Crippen LogP contribution in [-0.4, -0.2) is 20.6 Å². The Balaban J connectivity index is 1.36. The summed E-state index contributed by atoms with van der Waals surface area (Å²) < 4.78 is 2.35. The number of carbonyl (C=O) groups is 1. The van der Waals surface area contributed by atoms with Crippen molar-refractivity contribution in [3.8, 4) is 5.88 Å². The van der Waals surface area contributed by atoms with Gasteiger partial charge in [-0.15, -0.1) is 11.3 Å². The number of nitrogens with one attached hydrogen (secondary N) is 2. The third kappa shape index (κ3) is 4.76. The molecule has 170 valence electrons. The lowest BCUT2D eigenvalue weighted by Gasteiger charge is -2.09. The van der Waals surface area contributed by atoms with E-state index in [2.05, 4.69) is 27.8 Å². The lowest BCUT2D eigenvalue weighted by atomic mass is 10.1. The number of pyridine rings is 1. The van der Waals surface area contributed by atoms with E-state index < -0.39 is 0 Å². The molecule has 0 aliphatic carbocycles. The number of rotatable bonds is 7. The summed E-state index contributed by atoms with van der Waals surface area (Å²) in [5.74, 6) is 0.744. The van der Waals surface area contributed by atoms with Gasteiger partial charge in [-0.25, -0.2) is 4.98 Å². The topological polar surface area (TPSA) is 79.2 Å². The van der Waals surface area contributed by atoms with Crippen LogP contribution >= 0.6 is 22.9 Å². The Morgan fingerprint density at radius 3 is 2.65 bits per heavy atom. The van der Waals surface area contributed by atoms with Crippen LogP contribution in [0.2, 0.25) is 4.34 Å². The van der Waals surface area contributed by atoms with Crippen molar-refractivity contribution < 1.29 is 9.90 Å². The number of nitrogens with zero attached hydrogens (tertiary/aromatic N) is 2. The lowest BCUT2D eigenvalue weighted by molar-refractivity contribution is 0.103. The quantitative estimate of drug-likeness (QED) is 0.249. The number of fused-ring (bicyclic) bond motifs is 1. The maximum absolute atomic E-state index is 12.6. The van der Waals surface area contributed by atoms with Crippen LogP contribution < -0.4 is 10.6 Å². The van der Waals surface area contributed by atoms with E-state index in [1.807, 2.05) is 54.7 Å². The van der Waals surface area contributed by atoms with Gasteiger partial charge in [0.05, 0.1) is 21.4 Å². The van der Waals surface area contributed by atoms with Crippen molar-refractivity contribution in [2.45, 2.75) is 13.1 Å². The van der Waals surface area contributed by atoms with Crippen LogP contribution in [0, 0.1) is 0 Å². The Labute approximate surface area is 205 Å². The Kier molecular flexibility index (Phi) is 6.20. The minimum absolute atomic E-state index is 0.155. The summed E-state index contributed by atoms with van der Waals surface area (Å²) in [5, 5.41) is 18.6. The highest BCUT2D eigenvalue weighted by Crippen LogP contribution is 2.33. The van der Waals surface area contributed by atoms with Gasteiger partial charge in [0.2, 0.25) is 0 Å². The zero-order chi connectivity index (χ0) is 23.5. The average Bonchev–Trinajstić information content (AvgIpc) is 3.43. The van der Waals surface area contributed by atoms with Gasteiger partial charge in [-0.3, -0.25) is 4.79 Å². The molecule has 2 aromatic carbocycles. The molecule has 0 saturated heterocycles. The van der Waals surface area contributed by atoms with Crippen LogP contribution in [0.15, 0.2) is 85.2 Å². The van der Waals surface area contributed by atoms with Crippen LogP contribution in [0.4, 0.5) is 11.5 Å². The molecule has 3 aromatic heterocycles. The molecule has 6 nitrogen and oxygen atoms in total. The molecule has 0 saturated carbocycles. The van der Waals surface area contributed by atoms with E-state index in [-0.39, 0.29) is 11.8 Å². The fraction of sp³-hybridized carbons (Fsp3) is 0.0769. The van der Waals surface area contributed by atoms with Gasteiger partial charge in [-0.1, -0.05) is 48.0 Å². The van der Waals surface area contributed by atoms with Crippen molar-refractivity contribution in [2.24, 2.45) is 0 Å². The number of amides is 1. The summed E-state index contributed by atoms with van der Waals surface area (Å²) in [4.78, 5) is 17.4. The molecular formula is C26H21ClN4O2S. The van der Waals surface area contributed by atoms with Crippen LogP contribution in [0.1, 0.15) is 20.8 Å². The summed E-state index contributed by atoms with van der Waals surface area (Å²) in [6.45, 7) is 1.14. The van der Waals surface area contributed by atoms with E-state index in [9.17, 15) is 9.90 Å². The van der Waals surface area contributed by atoms with Gasteiger partial charge in [0, 0.05) is 29.7 Å². The molecule has 0 fully saturated rings. The van der Waals surface area contributed by atoms with Crippen LogP contribution in [0.5, 0.6) is 5.88 Å². The van der Waals surface area contributed by atoms with E-state index in [4.69, 9.17) is 11.6 Å². The largest absolute Gasteiger partial charge is 0.494 e. The fourth-order valence-electron chi connectivity index (χ4n) is 3.82. The predicted molar refractivity (Wildman–Crippen MR) is 138 cm³/mol. The van der Waals surface area contributed by atoms with Gasteiger partial charge in [0.25, 0.3) is 5.91 Å². The first kappa shape index (κ1) is 22.0. The van der Waals surface area contributed by atoms with E-state index in [0.29, 0.717) is 33.4 Å². The van der Waals surface area contributed by atoms with Crippen molar-refractivity contribution in [2.75, 3.05) is 10.6 Å². The highest BCUT2D eigenvalue weighted by atomic mass is 35.5. The second kappa shape index (κ2) is 9.59. The number of hydrogen-bond acceptors (Lipinski definition) is 5. The molecule has 0 aliphatic rings. The lowest BCUT2D eigenvalue weighted by Crippen LogP contribution is -2.10. The number of carbonyl (C=O) groups excluding carboxylic acids is 1. The summed E-state index contributed by atoms with van der Waals surface area (Å²) >= 11 is 7.18. The maximum atomic E-state index is 12.6. The van der Waals surface area contributed by atoms with Crippen molar-refractivity contribution >= 4 is 51.1 Å². The molecule has 0 spiro atoms. The first-order valence-electron chi connectivity index (χ1n) is 10.7. The first-order chi connectivity index (χ1) is 16.6. The second-order valence-electron chi connectivity index (χ2n) is 7.79. The molecule has 5 aromatic rings. The number of halogens is 1. The fourth-order valence-corrected chi connectivity index (χ4v) is 4.75. The monoisotopic (exact) mass is 488 g/mol. The number of aromatic hydroxyl groups is 1. The predicted octanol–water partition coefficient (Wildman–Crippen LogP) is 6.37. The molecule has 3 heterocycles. The first-order valence-corrected chi connectivity index (χ1v) is 11.9. The van der Waals surface area contributed by atoms with Gasteiger partial charge in [-0.2, -0.15) is 0 Å².